The third-order valence-electron chi connectivity index (χ3n) is 7.01. The topological polar surface area (TPSA) is 113 Å². The predicted octanol–water partition coefficient (Wildman–Crippen LogP) is 5.76. The van der Waals surface area contributed by atoms with Crippen LogP contribution in [-0.4, -0.2) is 80.7 Å². The number of esters is 1. The molecule has 1 rings (SSSR count). The normalized spacial score (nSPS) is 19.2. The third kappa shape index (κ3) is 8.68. The summed E-state index contributed by atoms with van der Waals surface area (Å²) in [6.07, 6.45) is -1.01. The SMILES string of the molecule is C=CCOC(=O)N[C@H](C(=O)OCC)[C@@H](O[Si](C(C)C)(C(C)C)C(C)C)[C@@H]1COC(C)(C)N1C(=O)OC(C)(C)C. The second kappa shape index (κ2) is 14.0. The summed E-state index contributed by atoms with van der Waals surface area (Å²) in [6.45, 7) is 27.0. The van der Waals surface area contributed by atoms with E-state index in [2.05, 4.69) is 53.4 Å². The first-order valence-electron chi connectivity index (χ1n) is 13.9. The Morgan fingerprint density at radius 3 is 2.05 bits per heavy atom. The molecular formula is C28H52N2O8Si. The minimum Gasteiger partial charge on any atom is -0.464 e. The Labute approximate surface area is 236 Å². The number of carbonyl (C=O) groups excluding carboxylic acids is 3. The van der Waals surface area contributed by atoms with Crippen LogP contribution in [-0.2, 0) is 28.2 Å². The van der Waals surface area contributed by atoms with Gasteiger partial charge in [0.1, 0.15) is 17.9 Å². The zero-order chi connectivity index (χ0) is 30.3. The molecule has 0 aromatic heterocycles. The van der Waals surface area contributed by atoms with Gasteiger partial charge in [-0.2, -0.15) is 0 Å². The molecule has 1 saturated heterocycles. The van der Waals surface area contributed by atoms with Gasteiger partial charge in [-0.15, -0.1) is 0 Å². The van der Waals surface area contributed by atoms with Gasteiger partial charge in [-0.25, -0.2) is 14.4 Å². The average Bonchev–Trinajstić information content (AvgIpc) is 3.10. The Morgan fingerprint density at radius 2 is 1.62 bits per heavy atom. The van der Waals surface area contributed by atoms with Crippen molar-refractivity contribution in [3.63, 3.8) is 0 Å². The molecule has 1 heterocycles. The van der Waals surface area contributed by atoms with Crippen molar-refractivity contribution in [2.24, 2.45) is 0 Å². The van der Waals surface area contributed by atoms with Gasteiger partial charge in [0.15, 0.2) is 6.04 Å². The van der Waals surface area contributed by atoms with Gasteiger partial charge in [0.25, 0.3) is 0 Å². The lowest BCUT2D eigenvalue weighted by atomic mass is 10.0. The standard InChI is InChI=1S/C28H52N2O8Si/c1-14-16-35-25(32)29-22(24(31)34-15-2)23(38-39(18(3)4,19(5)6)20(7)8)21-17-36-28(12,13)30(21)26(33)37-27(9,10)11/h14,18-23H,1,15-17H2,2-13H3,(H,29,32)/t21-,22-,23-/m0/s1. The van der Waals surface area contributed by atoms with Crippen LogP contribution in [0.2, 0.25) is 16.6 Å². The van der Waals surface area contributed by atoms with Crippen LogP contribution in [0.5, 0.6) is 0 Å². The van der Waals surface area contributed by atoms with Crippen molar-refractivity contribution in [2.45, 2.75) is 129 Å². The number of rotatable bonds is 12. The van der Waals surface area contributed by atoms with E-state index in [4.69, 9.17) is 23.4 Å². The van der Waals surface area contributed by atoms with Crippen LogP contribution in [0, 0.1) is 0 Å². The Morgan fingerprint density at radius 1 is 1.08 bits per heavy atom. The summed E-state index contributed by atoms with van der Waals surface area (Å²) >= 11 is 0. The van der Waals surface area contributed by atoms with Gasteiger partial charge in [-0.1, -0.05) is 54.2 Å². The molecule has 2 amide bonds. The Hall–Kier alpha value is -2.11. The number of nitrogens with one attached hydrogen (secondary N) is 1. The van der Waals surface area contributed by atoms with Gasteiger partial charge >= 0.3 is 18.2 Å². The van der Waals surface area contributed by atoms with Crippen LogP contribution in [0.15, 0.2) is 12.7 Å². The molecule has 0 spiro atoms. The molecule has 10 nitrogen and oxygen atoms in total. The maximum atomic E-state index is 13.6. The maximum absolute atomic E-state index is 13.6. The monoisotopic (exact) mass is 572 g/mol. The fraction of sp³-hybridized carbons (Fsp3) is 0.821. The molecular weight excluding hydrogens is 520 g/mol. The van der Waals surface area contributed by atoms with E-state index in [1.165, 1.54) is 11.0 Å². The van der Waals surface area contributed by atoms with Gasteiger partial charge in [-0.3, -0.25) is 4.90 Å². The molecule has 1 aliphatic heterocycles. The molecule has 11 heteroatoms. The first kappa shape index (κ1) is 34.9. The van der Waals surface area contributed by atoms with Crippen LogP contribution >= 0.6 is 0 Å². The summed E-state index contributed by atoms with van der Waals surface area (Å²) in [5, 5.41) is 2.67. The molecule has 0 aromatic rings. The summed E-state index contributed by atoms with van der Waals surface area (Å²) < 4.78 is 29.6. The van der Waals surface area contributed by atoms with Gasteiger partial charge in [-0.05, 0) is 58.2 Å². The molecule has 1 fully saturated rings. The molecule has 0 saturated carbocycles. The number of hydrogen-bond donors (Lipinski definition) is 1. The van der Waals surface area contributed by atoms with Crippen LogP contribution in [0.4, 0.5) is 9.59 Å². The summed E-state index contributed by atoms with van der Waals surface area (Å²) in [5.41, 5.74) is -1.37. The van der Waals surface area contributed by atoms with Crippen LogP contribution in [0.1, 0.15) is 83.1 Å². The van der Waals surface area contributed by atoms with Gasteiger partial charge < -0.3 is 28.7 Å². The summed E-state index contributed by atoms with van der Waals surface area (Å²) in [7, 11) is -2.67. The molecule has 1 N–H and O–H groups in total. The number of nitrogens with zero attached hydrogens (tertiary/aromatic N) is 1. The highest BCUT2D eigenvalue weighted by Gasteiger charge is 2.56. The number of hydrogen-bond acceptors (Lipinski definition) is 8. The summed E-state index contributed by atoms with van der Waals surface area (Å²) in [5.74, 6) is -0.689. The second-order valence-corrected chi connectivity index (χ2v) is 17.7. The predicted molar refractivity (Wildman–Crippen MR) is 153 cm³/mol. The van der Waals surface area contributed by atoms with E-state index in [-0.39, 0.29) is 36.4 Å². The quantitative estimate of drug-likeness (QED) is 0.136. The van der Waals surface area contributed by atoms with Gasteiger partial charge in [0.2, 0.25) is 8.32 Å². The molecule has 3 atom stereocenters. The lowest BCUT2D eigenvalue weighted by Crippen LogP contribution is -2.65. The third-order valence-corrected chi connectivity index (χ3v) is 13.1. The van der Waals surface area contributed by atoms with E-state index < -0.39 is 56.0 Å². The lowest BCUT2D eigenvalue weighted by molar-refractivity contribution is -0.149. The highest BCUT2D eigenvalue weighted by Crippen LogP contribution is 2.45. The molecule has 0 unspecified atom stereocenters. The van der Waals surface area contributed by atoms with Gasteiger partial charge in [0.05, 0.1) is 25.4 Å². The Kier molecular flexibility index (Phi) is 12.5. The van der Waals surface area contributed by atoms with E-state index in [1.807, 2.05) is 0 Å². The Balaban J connectivity index is 3.82. The molecule has 0 aliphatic carbocycles. The van der Waals surface area contributed by atoms with E-state index in [1.54, 1.807) is 41.5 Å². The van der Waals surface area contributed by atoms with Crippen molar-refractivity contribution in [3.05, 3.63) is 12.7 Å². The first-order chi connectivity index (χ1) is 17.9. The van der Waals surface area contributed by atoms with Gasteiger partial charge in [0, 0.05) is 0 Å². The zero-order valence-corrected chi connectivity index (χ0v) is 27.1. The Bertz CT molecular complexity index is 831. The van der Waals surface area contributed by atoms with Crippen molar-refractivity contribution in [3.8, 4) is 0 Å². The fourth-order valence-corrected chi connectivity index (χ4v) is 11.1. The van der Waals surface area contributed by atoms with E-state index in [9.17, 15) is 14.4 Å². The highest BCUT2D eigenvalue weighted by atomic mass is 28.4. The van der Waals surface area contributed by atoms with Crippen LogP contribution in [0.3, 0.4) is 0 Å². The number of alkyl carbamates (subject to hydrolysis) is 1. The van der Waals surface area contributed by atoms with E-state index in [0.29, 0.717) is 0 Å². The molecule has 39 heavy (non-hydrogen) atoms. The first-order valence-corrected chi connectivity index (χ1v) is 16.0. The highest BCUT2D eigenvalue weighted by molar-refractivity contribution is 6.77. The summed E-state index contributed by atoms with van der Waals surface area (Å²) in [6, 6.07) is -2.05. The second-order valence-electron chi connectivity index (χ2n) is 12.3. The van der Waals surface area contributed by atoms with Crippen molar-refractivity contribution in [1.82, 2.24) is 10.2 Å². The van der Waals surface area contributed by atoms with Crippen LogP contribution < -0.4 is 5.32 Å². The largest absolute Gasteiger partial charge is 0.464 e. The number of carbonyl (C=O) groups is 3. The summed E-state index contributed by atoms with van der Waals surface area (Å²) in [4.78, 5) is 41.3. The van der Waals surface area contributed by atoms with E-state index in [0.717, 1.165) is 0 Å². The van der Waals surface area contributed by atoms with E-state index >= 15 is 0 Å². The maximum Gasteiger partial charge on any atom is 0.412 e. The molecule has 1 aliphatic rings. The molecule has 0 aromatic carbocycles. The lowest BCUT2D eigenvalue weighted by Gasteiger charge is -2.48. The minimum absolute atomic E-state index is 0.0425. The zero-order valence-electron chi connectivity index (χ0n) is 26.1. The van der Waals surface area contributed by atoms with Crippen molar-refractivity contribution in [2.75, 3.05) is 19.8 Å². The molecule has 226 valence electrons. The molecule has 0 radical (unpaired) electrons. The van der Waals surface area contributed by atoms with Crippen molar-refractivity contribution >= 4 is 26.5 Å². The fourth-order valence-electron chi connectivity index (χ4n) is 5.56. The average molecular weight is 573 g/mol. The number of amides is 2. The molecule has 0 bridgehead atoms. The van der Waals surface area contributed by atoms with Crippen molar-refractivity contribution in [1.29, 1.82) is 0 Å². The number of ether oxygens (including phenoxy) is 4. The van der Waals surface area contributed by atoms with Crippen LogP contribution in [0.25, 0.3) is 0 Å². The smallest absolute Gasteiger partial charge is 0.412 e. The van der Waals surface area contributed by atoms with Crippen molar-refractivity contribution < 1.29 is 37.8 Å². The minimum atomic E-state index is -2.67.